The highest BCUT2D eigenvalue weighted by molar-refractivity contribution is 6.01. The van der Waals surface area contributed by atoms with Crippen LogP contribution in [0.5, 0.6) is 11.5 Å². The van der Waals surface area contributed by atoms with E-state index in [-0.39, 0.29) is 0 Å². The van der Waals surface area contributed by atoms with E-state index in [1.165, 1.54) is 0 Å². The number of para-hydroxylation sites is 1. The van der Waals surface area contributed by atoms with Crippen molar-refractivity contribution in [2.24, 2.45) is 0 Å². The second-order valence-electron chi connectivity index (χ2n) is 6.78. The Morgan fingerprint density at radius 3 is 2.07 bits per heavy atom. The van der Waals surface area contributed by atoms with Gasteiger partial charge in [-0.1, -0.05) is 72.8 Å². The molecule has 0 atom stereocenters. The van der Waals surface area contributed by atoms with Crippen LogP contribution >= 0.6 is 0 Å². The first-order chi connectivity index (χ1) is 14.8. The highest BCUT2D eigenvalue weighted by atomic mass is 16.5. The normalized spacial score (nSPS) is 11.1. The number of nitrogens with zero attached hydrogens (tertiary/aromatic N) is 1. The number of fused-ring (bicyclic) bond motifs is 1. The fraction of sp³-hybridized carbons (Fsp3) is 0.0741. The largest absolute Gasteiger partial charge is 0.490 e. The van der Waals surface area contributed by atoms with E-state index >= 15 is 0 Å². The van der Waals surface area contributed by atoms with Gasteiger partial charge in [0.15, 0.2) is 0 Å². The maximum absolute atomic E-state index is 9.74. The molecule has 0 radical (unpaired) electrons. The van der Waals surface area contributed by atoms with Crippen molar-refractivity contribution in [1.82, 2.24) is 0 Å². The Balaban J connectivity index is 1.42. The van der Waals surface area contributed by atoms with Crippen LogP contribution in [0.2, 0.25) is 0 Å². The zero-order valence-electron chi connectivity index (χ0n) is 16.5. The van der Waals surface area contributed by atoms with Crippen LogP contribution in [-0.2, 0) is 0 Å². The summed E-state index contributed by atoms with van der Waals surface area (Å²) in [7, 11) is 0. The fourth-order valence-electron chi connectivity index (χ4n) is 3.29. The van der Waals surface area contributed by atoms with Crippen LogP contribution in [0, 0.1) is 11.3 Å². The van der Waals surface area contributed by atoms with Crippen LogP contribution in [0.4, 0.5) is 0 Å². The molecule has 0 aliphatic carbocycles. The van der Waals surface area contributed by atoms with Crippen molar-refractivity contribution in [2.75, 3.05) is 13.2 Å². The van der Waals surface area contributed by atoms with Gasteiger partial charge in [-0.3, -0.25) is 0 Å². The number of rotatable bonds is 7. The van der Waals surface area contributed by atoms with Gasteiger partial charge in [0.2, 0.25) is 0 Å². The molecule has 30 heavy (non-hydrogen) atoms. The number of allylic oxidation sites excluding steroid dienone is 1. The van der Waals surface area contributed by atoms with Gasteiger partial charge in [-0.05, 0) is 46.7 Å². The van der Waals surface area contributed by atoms with Gasteiger partial charge in [0.25, 0.3) is 0 Å². The molecule has 4 aromatic rings. The lowest BCUT2D eigenvalue weighted by atomic mass is 9.97. The summed E-state index contributed by atoms with van der Waals surface area (Å²) in [6.07, 6.45) is 1.91. The summed E-state index contributed by atoms with van der Waals surface area (Å²) in [6.45, 7) is 0.939. The number of hydrogen-bond acceptors (Lipinski definition) is 3. The molecule has 4 aromatic carbocycles. The summed E-state index contributed by atoms with van der Waals surface area (Å²) in [5, 5.41) is 11.9. The van der Waals surface area contributed by atoms with Crippen molar-refractivity contribution in [3.8, 4) is 17.6 Å². The minimum atomic E-state index is 0.462. The highest BCUT2D eigenvalue weighted by Gasteiger charge is 2.06. The maximum atomic E-state index is 9.74. The number of benzene rings is 4. The second-order valence-corrected chi connectivity index (χ2v) is 6.78. The lowest BCUT2D eigenvalue weighted by molar-refractivity contribution is 0.217. The number of nitriles is 1. The molecule has 0 fully saturated rings. The standard InChI is InChI=1S/C27H21NO2/c28-20-23(27-12-6-8-22-7-4-5-11-26(22)27)19-21-13-15-25(16-14-21)30-18-17-29-24-9-2-1-3-10-24/h1-16,19H,17-18H2/b23-19-. The minimum Gasteiger partial charge on any atom is -0.490 e. The first kappa shape index (κ1) is 19.3. The number of hydrogen-bond donors (Lipinski definition) is 0. The van der Waals surface area contributed by atoms with Crippen molar-refractivity contribution in [3.63, 3.8) is 0 Å². The van der Waals surface area contributed by atoms with Crippen molar-refractivity contribution in [2.45, 2.75) is 0 Å². The third-order valence-corrected chi connectivity index (χ3v) is 4.76. The van der Waals surface area contributed by atoms with Gasteiger partial charge in [-0.25, -0.2) is 0 Å². The zero-order valence-corrected chi connectivity index (χ0v) is 16.5. The first-order valence-corrected chi connectivity index (χ1v) is 9.84. The molecule has 4 rings (SSSR count). The van der Waals surface area contributed by atoms with E-state index in [1.807, 2.05) is 91.0 Å². The monoisotopic (exact) mass is 391 g/mol. The Bertz CT molecular complexity index is 1180. The Morgan fingerprint density at radius 2 is 1.33 bits per heavy atom. The molecule has 0 aliphatic heterocycles. The molecule has 0 bridgehead atoms. The van der Waals surface area contributed by atoms with E-state index in [1.54, 1.807) is 0 Å². The highest BCUT2D eigenvalue weighted by Crippen LogP contribution is 2.26. The van der Waals surface area contributed by atoms with E-state index < -0.39 is 0 Å². The van der Waals surface area contributed by atoms with Crippen molar-refractivity contribution >= 4 is 22.4 Å². The first-order valence-electron chi connectivity index (χ1n) is 9.84. The Morgan fingerprint density at radius 1 is 0.700 bits per heavy atom. The van der Waals surface area contributed by atoms with Crippen molar-refractivity contribution in [1.29, 1.82) is 5.26 Å². The molecular weight excluding hydrogens is 370 g/mol. The Labute approximate surface area is 176 Å². The maximum Gasteiger partial charge on any atom is 0.122 e. The molecular formula is C27H21NO2. The molecule has 0 spiro atoms. The van der Waals surface area contributed by atoms with Crippen LogP contribution in [-0.4, -0.2) is 13.2 Å². The molecule has 0 amide bonds. The molecule has 0 saturated heterocycles. The molecule has 0 aliphatic rings. The lowest BCUT2D eigenvalue weighted by Crippen LogP contribution is -2.08. The van der Waals surface area contributed by atoms with Crippen LogP contribution in [0.1, 0.15) is 11.1 Å². The molecule has 0 unspecified atom stereocenters. The van der Waals surface area contributed by atoms with Crippen LogP contribution in [0.15, 0.2) is 97.1 Å². The number of ether oxygens (including phenoxy) is 2. The van der Waals surface area contributed by atoms with Crippen molar-refractivity contribution < 1.29 is 9.47 Å². The third kappa shape index (κ3) is 4.68. The molecule has 0 N–H and O–H groups in total. The minimum absolute atomic E-state index is 0.462. The molecule has 0 saturated carbocycles. The molecule has 0 aromatic heterocycles. The van der Waals surface area contributed by atoms with Crippen LogP contribution < -0.4 is 9.47 Å². The average Bonchev–Trinajstić information content (AvgIpc) is 2.81. The van der Waals surface area contributed by atoms with Gasteiger partial charge in [-0.15, -0.1) is 0 Å². The summed E-state index contributed by atoms with van der Waals surface area (Å²) in [4.78, 5) is 0. The van der Waals surface area contributed by atoms with Gasteiger partial charge in [0, 0.05) is 5.56 Å². The predicted molar refractivity (Wildman–Crippen MR) is 121 cm³/mol. The summed E-state index contributed by atoms with van der Waals surface area (Å²) < 4.78 is 11.4. The van der Waals surface area contributed by atoms with Gasteiger partial charge >= 0.3 is 0 Å². The van der Waals surface area contributed by atoms with E-state index in [4.69, 9.17) is 9.47 Å². The summed E-state index contributed by atoms with van der Waals surface area (Å²) >= 11 is 0. The quantitative estimate of drug-likeness (QED) is 0.209. The Kier molecular flexibility index (Phi) is 6.08. The second kappa shape index (κ2) is 9.45. The SMILES string of the molecule is N#C/C(=C/c1ccc(OCCOc2ccccc2)cc1)c1cccc2ccccc12. The summed E-state index contributed by atoms with van der Waals surface area (Å²) in [5.41, 5.74) is 2.53. The molecule has 0 heterocycles. The van der Waals surface area contributed by atoms with Gasteiger partial charge in [0.05, 0.1) is 11.6 Å². The Hall–Kier alpha value is -4.03. The van der Waals surface area contributed by atoms with Crippen LogP contribution in [0.25, 0.3) is 22.4 Å². The third-order valence-electron chi connectivity index (χ3n) is 4.76. The molecule has 3 nitrogen and oxygen atoms in total. The predicted octanol–water partition coefficient (Wildman–Crippen LogP) is 6.36. The van der Waals surface area contributed by atoms with Crippen LogP contribution in [0.3, 0.4) is 0 Å². The lowest BCUT2D eigenvalue weighted by Gasteiger charge is -2.09. The van der Waals surface area contributed by atoms with Crippen molar-refractivity contribution in [3.05, 3.63) is 108 Å². The summed E-state index contributed by atoms with van der Waals surface area (Å²) in [6, 6.07) is 33.9. The fourth-order valence-corrected chi connectivity index (χ4v) is 3.29. The summed E-state index contributed by atoms with van der Waals surface area (Å²) in [5.74, 6) is 1.60. The topological polar surface area (TPSA) is 42.2 Å². The average molecular weight is 391 g/mol. The van der Waals surface area contributed by atoms with Gasteiger partial charge in [-0.2, -0.15) is 5.26 Å². The van der Waals surface area contributed by atoms with E-state index in [0.717, 1.165) is 33.4 Å². The zero-order chi connectivity index (χ0) is 20.6. The molecule has 3 heteroatoms. The van der Waals surface area contributed by atoms with E-state index in [0.29, 0.717) is 18.8 Å². The van der Waals surface area contributed by atoms with Gasteiger partial charge < -0.3 is 9.47 Å². The van der Waals surface area contributed by atoms with Gasteiger partial charge in [0.1, 0.15) is 24.7 Å². The van der Waals surface area contributed by atoms with E-state index in [9.17, 15) is 5.26 Å². The van der Waals surface area contributed by atoms with E-state index in [2.05, 4.69) is 18.2 Å². The molecule has 146 valence electrons. The smallest absolute Gasteiger partial charge is 0.122 e.